The van der Waals surface area contributed by atoms with Crippen molar-refractivity contribution in [3.63, 3.8) is 0 Å². The predicted octanol–water partition coefficient (Wildman–Crippen LogP) is 2.75. The van der Waals surface area contributed by atoms with E-state index in [-0.39, 0.29) is 0 Å². The largest absolute Gasteiger partial charge is 0.508 e. The summed E-state index contributed by atoms with van der Waals surface area (Å²) in [4.78, 5) is 0. The van der Waals surface area contributed by atoms with Crippen LogP contribution in [-0.2, 0) is 11.2 Å². The van der Waals surface area contributed by atoms with E-state index in [0.717, 1.165) is 26.1 Å². The molecule has 0 radical (unpaired) electrons. The molecule has 0 aliphatic rings. The Morgan fingerprint density at radius 3 is 2.50 bits per heavy atom. The number of hydrogen-bond donors (Lipinski definition) is 1. The number of phenolic OH excluding ortho intramolecular Hbond substituents is 1. The minimum Gasteiger partial charge on any atom is -0.508 e. The maximum atomic E-state index is 9.07. The Kier molecular flexibility index (Phi) is 5.08. The van der Waals surface area contributed by atoms with Gasteiger partial charge in [0.15, 0.2) is 0 Å². The number of phenols is 1. The minimum atomic E-state index is 0.320. The molecule has 0 atom stereocenters. The molecule has 1 N–H and O–H groups in total. The summed E-state index contributed by atoms with van der Waals surface area (Å²) in [7, 11) is 0. The number of ether oxygens (including phenoxy) is 1. The molecule has 0 amide bonds. The zero-order valence-electron chi connectivity index (χ0n) is 8.70. The lowest BCUT2D eigenvalue weighted by Crippen LogP contribution is -1.99. The molecule has 1 aromatic rings. The highest BCUT2D eigenvalue weighted by atomic mass is 16.5. The van der Waals surface area contributed by atoms with Gasteiger partial charge in [-0.15, -0.1) is 0 Å². The highest BCUT2D eigenvalue weighted by molar-refractivity contribution is 5.25. The van der Waals surface area contributed by atoms with Crippen LogP contribution in [0.5, 0.6) is 5.75 Å². The summed E-state index contributed by atoms with van der Waals surface area (Å²) in [5.41, 5.74) is 1.21. The predicted molar refractivity (Wildman–Crippen MR) is 57.5 cm³/mol. The van der Waals surface area contributed by atoms with Crippen LogP contribution in [0.1, 0.15) is 25.3 Å². The van der Waals surface area contributed by atoms with Crippen LogP contribution in [0, 0.1) is 0 Å². The molecule has 0 unspecified atom stereocenters. The Morgan fingerprint density at radius 2 is 1.86 bits per heavy atom. The second-order valence-electron chi connectivity index (χ2n) is 3.38. The van der Waals surface area contributed by atoms with Gasteiger partial charge in [0, 0.05) is 6.61 Å². The first-order chi connectivity index (χ1) is 6.83. The Hall–Kier alpha value is -1.02. The van der Waals surface area contributed by atoms with Gasteiger partial charge in [-0.05, 0) is 30.5 Å². The Labute approximate surface area is 85.5 Å². The van der Waals surface area contributed by atoms with Gasteiger partial charge in [0.25, 0.3) is 0 Å². The molecular formula is C12H18O2. The molecule has 78 valence electrons. The summed E-state index contributed by atoms with van der Waals surface area (Å²) in [5.74, 6) is 0.320. The fourth-order valence-electron chi connectivity index (χ4n) is 1.20. The van der Waals surface area contributed by atoms with E-state index in [0.29, 0.717) is 5.75 Å². The van der Waals surface area contributed by atoms with Gasteiger partial charge in [-0.2, -0.15) is 0 Å². The van der Waals surface area contributed by atoms with Crippen LogP contribution in [0.2, 0.25) is 0 Å². The lowest BCUT2D eigenvalue weighted by Gasteiger charge is -2.03. The zero-order chi connectivity index (χ0) is 10.2. The average molecular weight is 194 g/mol. The van der Waals surface area contributed by atoms with Gasteiger partial charge in [0.05, 0.1) is 6.61 Å². The lowest BCUT2D eigenvalue weighted by atomic mass is 10.1. The van der Waals surface area contributed by atoms with Crippen molar-refractivity contribution in [1.29, 1.82) is 0 Å². The van der Waals surface area contributed by atoms with E-state index in [1.807, 2.05) is 12.1 Å². The van der Waals surface area contributed by atoms with E-state index >= 15 is 0 Å². The van der Waals surface area contributed by atoms with E-state index in [9.17, 15) is 0 Å². The molecule has 0 aliphatic heterocycles. The standard InChI is InChI=1S/C12H18O2/c1-2-3-9-14-10-8-11-4-6-12(13)7-5-11/h4-7,13H,2-3,8-10H2,1H3. The molecule has 2 heteroatoms. The smallest absolute Gasteiger partial charge is 0.115 e. The van der Waals surface area contributed by atoms with Crippen LogP contribution >= 0.6 is 0 Å². The molecular weight excluding hydrogens is 176 g/mol. The second kappa shape index (κ2) is 6.44. The third kappa shape index (κ3) is 4.28. The van der Waals surface area contributed by atoms with Crippen molar-refractivity contribution in [2.45, 2.75) is 26.2 Å². The number of benzene rings is 1. The topological polar surface area (TPSA) is 29.5 Å². The van der Waals surface area contributed by atoms with E-state index in [4.69, 9.17) is 9.84 Å². The second-order valence-corrected chi connectivity index (χ2v) is 3.38. The first-order valence-electron chi connectivity index (χ1n) is 5.18. The molecule has 2 nitrogen and oxygen atoms in total. The van der Waals surface area contributed by atoms with Gasteiger partial charge < -0.3 is 9.84 Å². The molecule has 0 saturated carbocycles. The van der Waals surface area contributed by atoms with Crippen LogP contribution in [0.4, 0.5) is 0 Å². The van der Waals surface area contributed by atoms with Crippen molar-refractivity contribution < 1.29 is 9.84 Å². The van der Waals surface area contributed by atoms with Crippen LogP contribution in [0.3, 0.4) is 0 Å². The van der Waals surface area contributed by atoms with Crippen molar-refractivity contribution >= 4 is 0 Å². The highest BCUT2D eigenvalue weighted by Gasteiger charge is 1.93. The first-order valence-corrected chi connectivity index (χ1v) is 5.18. The third-order valence-corrected chi connectivity index (χ3v) is 2.11. The van der Waals surface area contributed by atoms with E-state index < -0.39 is 0 Å². The highest BCUT2D eigenvalue weighted by Crippen LogP contribution is 2.09. The summed E-state index contributed by atoms with van der Waals surface area (Å²) in [5, 5.41) is 9.07. The van der Waals surface area contributed by atoms with Gasteiger partial charge in [-0.25, -0.2) is 0 Å². The van der Waals surface area contributed by atoms with Crippen molar-refractivity contribution in [2.24, 2.45) is 0 Å². The Bertz CT molecular complexity index is 241. The summed E-state index contributed by atoms with van der Waals surface area (Å²) >= 11 is 0. The molecule has 14 heavy (non-hydrogen) atoms. The van der Waals surface area contributed by atoms with Crippen LogP contribution in [0.15, 0.2) is 24.3 Å². The Balaban J connectivity index is 2.15. The van der Waals surface area contributed by atoms with Gasteiger partial charge in [-0.1, -0.05) is 25.5 Å². The van der Waals surface area contributed by atoms with E-state index in [1.165, 1.54) is 12.0 Å². The molecule has 0 fully saturated rings. The number of aromatic hydroxyl groups is 1. The maximum absolute atomic E-state index is 9.07. The van der Waals surface area contributed by atoms with Crippen LogP contribution < -0.4 is 0 Å². The normalized spacial score (nSPS) is 10.4. The quantitative estimate of drug-likeness (QED) is 0.705. The van der Waals surface area contributed by atoms with E-state index in [2.05, 4.69) is 6.92 Å². The van der Waals surface area contributed by atoms with Gasteiger partial charge in [0.2, 0.25) is 0 Å². The van der Waals surface area contributed by atoms with Crippen LogP contribution in [0.25, 0.3) is 0 Å². The lowest BCUT2D eigenvalue weighted by molar-refractivity contribution is 0.134. The van der Waals surface area contributed by atoms with Crippen molar-refractivity contribution in [3.05, 3.63) is 29.8 Å². The monoisotopic (exact) mass is 194 g/mol. The minimum absolute atomic E-state index is 0.320. The van der Waals surface area contributed by atoms with Gasteiger partial charge in [0.1, 0.15) is 5.75 Å². The van der Waals surface area contributed by atoms with Crippen molar-refractivity contribution in [3.8, 4) is 5.75 Å². The fourth-order valence-corrected chi connectivity index (χ4v) is 1.20. The molecule has 0 aliphatic carbocycles. The SMILES string of the molecule is CCCCOCCc1ccc(O)cc1. The third-order valence-electron chi connectivity index (χ3n) is 2.11. The van der Waals surface area contributed by atoms with Crippen LogP contribution in [-0.4, -0.2) is 18.3 Å². The zero-order valence-corrected chi connectivity index (χ0v) is 8.70. The number of rotatable bonds is 6. The molecule has 1 aromatic carbocycles. The molecule has 0 heterocycles. The van der Waals surface area contributed by atoms with Crippen molar-refractivity contribution in [1.82, 2.24) is 0 Å². The first kappa shape index (κ1) is 11.1. The average Bonchev–Trinajstić information content (AvgIpc) is 2.21. The molecule has 0 bridgehead atoms. The number of hydrogen-bond acceptors (Lipinski definition) is 2. The summed E-state index contributed by atoms with van der Waals surface area (Å²) in [6.45, 7) is 3.78. The molecule has 0 saturated heterocycles. The molecule has 0 aromatic heterocycles. The molecule has 0 spiro atoms. The van der Waals surface area contributed by atoms with E-state index in [1.54, 1.807) is 12.1 Å². The Morgan fingerprint density at radius 1 is 1.14 bits per heavy atom. The van der Waals surface area contributed by atoms with Gasteiger partial charge >= 0.3 is 0 Å². The van der Waals surface area contributed by atoms with Gasteiger partial charge in [-0.3, -0.25) is 0 Å². The fraction of sp³-hybridized carbons (Fsp3) is 0.500. The number of unbranched alkanes of at least 4 members (excludes halogenated alkanes) is 1. The maximum Gasteiger partial charge on any atom is 0.115 e. The summed E-state index contributed by atoms with van der Waals surface area (Å²) < 4.78 is 5.45. The summed E-state index contributed by atoms with van der Waals surface area (Å²) in [6, 6.07) is 7.28. The molecule has 1 rings (SSSR count). The summed E-state index contributed by atoms with van der Waals surface area (Å²) in [6.07, 6.45) is 3.23. The van der Waals surface area contributed by atoms with Crippen molar-refractivity contribution in [2.75, 3.05) is 13.2 Å².